The zero-order chi connectivity index (χ0) is 12.2. The number of pyridine rings is 1. The normalized spacial score (nSPS) is 21.6. The van der Waals surface area contributed by atoms with Gasteiger partial charge < -0.3 is 10.1 Å². The first-order valence-corrected chi connectivity index (χ1v) is 7.01. The fraction of sp³-hybridized carbons (Fsp3) is 0.533. The molecule has 0 radical (unpaired) electrons. The Morgan fingerprint density at radius 3 is 2.83 bits per heavy atom. The highest BCUT2D eigenvalue weighted by Crippen LogP contribution is 2.47. The Hall–Kier alpha value is -1.51. The molecule has 2 aliphatic carbocycles. The summed E-state index contributed by atoms with van der Waals surface area (Å²) in [4.78, 5) is 4.76. The van der Waals surface area contributed by atoms with E-state index in [9.17, 15) is 0 Å². The third-order valence-corrected chi connectivity index (χ3v) is 4.92. The minimum Gasteiger partial charge on any atom is -0.398 e. The molecule has 2 N–H and O–H groups in total. The van der Waals surface area contributed by atoms with Crippen molar-refractivity contribution in [2.75, 3.05) is 5.73 Å². The average molecular weight is 241 g/mol. The Labute approximate surface area is 107 Å². The second-order valence-electron chi connectivity index (χ2n) is 6.08. The van der Waals surface area contributed by atoms with Gasteiger partial charge in [0.1, 0.15) is 5.65 Å². The fourth-order valence-corrected chi connectivity index (χ4v) is 3.92. The molecule has 0 atom stereocenters. The van der Waals surface area contributed by atoms with E-state index in [1.807, 2.05) is 18.3 Å². The zero-order valence-corrected chi connectivity index (χ0v) is 10.7. The number of anilines is 1. The molecule has 0 saturated heterocycles. The number of fused-ring (bicyclic) bond motifs is 3. The lowest BCUT2D eigenvalue weighted by atomic mass is 9.73. The topological polar surface area (TPSA) is 43.3 Å². The van der Waals surface area contributed by atoms with Crippen LogP contribution in [-0.2, 0) is 12.8 Å². The summed E-state index contributed by atoms with van der Waals surface area (Å²) in [5, 5.41) is 0. The summed E-state index contributed by atoms with van der Waals surface area (Å²) >= 11 is 0. The molecule has 1 spiro atoms. The second kappa shape index (κ2) is 3.50. The molecule has 0 aromatic carbocycles. The first-order chi connectivity index (χ1) is 8.76. The van der Waals surface area contributed by atoms with Crippen LogP contribution < -0.4 is 5.73 Å². The van der Waals surface area contributed by atoms with Crippen molar-refractivity contribution in [3.63, 3.8) is 0 Å². The number of aryl methyl sites for hydroxylation is 1. The largest absolute Gasteiger partial charge is 0.398 e. The molecule has 0 bridgehead atoms. The third-order valence-electron chi connectivity index (χ3n) is 4.92. The van der Waals surface area contributed by atoms with E-state index in [0.717, 1.165) is 17.8 Å². The Morgan fingerprint density at radius 2 is 2.00 bits per heavy atom. The molecule has 0 aliphatic heterocycles. The van der Waals surface area contributed by atoms with Gasteiger partial charge in [-0.1, -0.05) is 12.8 Å². The van der Waals surface area contributed by atoms with Gasteiger partial charge in [0.05, 0.1) is 5.69 Å². The van der Waals surface area contributed by atoms with Gasteiger partial charge in [-0.3, -0.25) is 0 Å². The van der Waals surface area contributed by atoms with Crippen molar-refractivity contribution in [2.24, 2.45) is 5.41 Å². The van der Waals surface area contributed by atoms with Gasteiger partial charge in [-0.25, -0.2) is 4.98 Å². The number of nitrogens with zero attached hydrogens (tertiary/aromatic N) is 2. The number of imidazole rings is 1. The molecule has 1 saturated carbocycles. The van der Waals surface area contributed by atoms with Gasteiger partial charge in [-0.2, -0.15) is 0 Å². The lowest BCUT2D eigenvalue weighted by Crippen LogP contribution is -2.26. The van der Waals surface area contributed by atoms with Gasteiger partial charge in [0.25, 0.3) is 0 Å². The summed E-state index contributed by atoms with van der Waals surface area (Å²) in [6, 6.07) is 3.98. The van der Waals surface area contributed by atoms with Crippen LogP contribution in [0, 0.1) is 5.41 Å². The van der Waals surface area contributed by atoms with Crippen LogP contribution in [0.25, 0.3) is 5.65 Å². The first-order valence-electron chi connectivity index (χ1n) is 7.01. The molecule has 0 unspecified atom stereocenters. The Kier molecular flexibility index (Phi) is 2.02. The minimum absolute atomic E-state index is 0.577. The monoisotopic (exact) mass is 241 g/mol. The average Bonchev–Trinajstić information content (AvgIpc) is 2.95. The summed E-state index contributed by atoms with van der Waals surface area (Å²) in [6.07, 6.45) is 11.4. The van der Waals surface area contributed by atoms with E-state index < -0.39 is 0 Å². The van der Waals surface area contributed by atoms with Gasteiger partial charge in [0.2, 0.25) is 0 Å². The van der Waals surface area contributed by atoms with Crippen LogP contribution in [0.3, 0.4) is 0 Å². The van der Waals surface area contributed by atoms with Gasteiger partial charge in [-0.15, -0.1) is 0 Å². The van der Waals surface area contributed by atoms with E-state index >= 15 is 0 Å². The van der Waals surface area contributed by atoms with E-state index in [-0.39, 0.29) is 0 Å². The van der Waals surface area contributed by atoms with Crippen LogP contribution in [-0.4, -0.2) is 9.38 Å². The molecule has 3 nitrogen and oxygen atoms in total. The highest BCUT2D eigenvalue weighted by Gasteiger charge is 2.38. The number of rotatable bonds is 0. The molecule has 2 aromatic rings. The lowest BCUT2D eigenvalue weighted by molar-refractivity contribution is 0.250. The SMILES string of the molecule is Nc1ccc2nc3c(n2c1)CC1(CCCC1)CC3. The Balaban J connectivity index is 1.86. The van der Waals surface area contributed by atoms with E-state index in [1.165, 1.54) is 49.9 Å². The molecule has 18 heavy (non-hydrogen) atoms. The first kappa shape index (κ1) is 10.4. The standard InChI is InChI=1S/C15H19N3/c16-11-3-4-14-17-12-5-8-15(6-1-2-7-15)9-13(12)18(14)10-11/h3-4,10H,1-2,5-9,16H2. The summed E-state index contributed by atoms with van der Waals surface area (Å²) in [7, 11) is 0. The predicted octanol–water partition coefficient (Wildman–Crippen LogP) is 2.97. The van der Waals surface area contributed by atoms with E-state index in [1.54, 1.807) is 0 Å². The number of nitrogens with two attached hydrogens (primary N) is 1. The van der Waals surface area contributed by atoms with Crippen LogP contribution in [0.2, 0.25) is 0 Å². The second-order valence-corrected chi connectivity index (χ2v) is 6.08. The van der Waals surface area contributed by atoms with Crippen LogP contribution >= 0.6 is 0 Å². The third kappa shape index (κ3) is 1.39. The maximum Gasteiger partial charge on any atom is 0.137 e. The summed E-state index contributed by atoms with van der Waals surface area (Å²) in [5.41, 5.74) is 11.1. The van der Waals surface area contributed by atoms with Crippen LogP contribution in [0.1, 0.15) is 43.5 Å². The molecule has 4 rings (SSSR count). The van der Waals surface area contributed by atoms with Gasteiger partial charge >= 0.3 is 0 Å². The molecule has 2 aromatic heterocycles. The molecule has 2 aliphatic rings. The van der Waals surface area contributed by atoms with Gasteiger partial charge in [-0.05, 0) is 49.7 Å². The number of aromatic nitrogens is 2. The van der Waals surface area contributed by atoms with E-state index in [2.05, 4.69) is 4.40 Å². The van der Waals surface area contributed by atoms with Gasteiger partial charge in [0.15, 0.2) is 0 Å². The Morgan fingerprint density at radius 1 is 1.17 bits per heavy atom. The highest BCUT2D eigenvalue weighted by molar-refractivity contribution is 5.51. The van der Waals surface area contributed by atoms with Crippen molar-refractivity contribution in [2.45, 2.75) is 44.9 Å². The summed E-state index contributed by atoms with van der Waals surface area (Å²) in [5.74, 6) is 0. The molecule has 0 amide bonds. The summed E-state index contributed by atoms with van der Waals surface area (Å²) < 4.78 is 2.23. The highest BCUT2D eigenvalue weighted by atomic mass is 15.0. The maximum atomic E-state index is 5.91. The van der Waals surface area contributed by atoms with Crippen molar-refractivity contribution < 1.29 is 0 Å². The number of hydrogen-bond donors (Lipinski definition) is 1. The van der Waals surface area contributed by atoms with Crippen molar-refractivity contribution in [1.29, 1.82) is 0 Å². The number of nitrogen functional groups attached to an aromatic ring is 1. The molecule has 94 valence electrons. The smallest absolute Gasteiger partial charge is 0.137 e. The molecule has 2 heterocycles. The van der Waals surface area contributed by atoms with Crippen molar-refractivity contribution in [3.05, 3.63) is 29.7 Å². The van der Waals surface area contributed by atoms with Crippen molar-refractivity contribution in [3.8, 4) is 0 Å². The van der Waals surface area contributed by atoms with Crippen LogP contribution in [0.4, 0.5) is 5.69 Å². The van der Waals surface area contributed by atoms with Crippen molar-refractivity contribution >= 4 is 11.3 Å². The lowest BCUT2D eigenvalue weighted by Gasteiger charge is -2.32. The molecular weight excluding hydrogens is 222 g/mol. The van der Waals surface area contributed by atoms with E-state index in [0.29, 0.717) is 5.41 Å². The zero-order valence-electron chi connectivity index (χ0n) is 10.7. The summed E-state index contributed by atoms with van der Waals surface area (Å²) in [6.45, 7) is 0. The predicted molar refractivity (Wildman–Crippen MR) is 72.5 cm³/mol. The quantitative estimate of drug-likeness (QED) is 0.770. The van der Waals surface area contributed by atoms with E-state index in [4.69, 9.17) is 10.7 Å². The Bertz CT molecular complexity index is 605. The van der Waals surface area contributed by atoms with Gasteiger partial charge in [0, 0.05) is 17.6 Å². The van der Waals surface area contributed by atoms with Crippen LogP contribution in [0.5, 0.6) is 0 Å². The molecular formula is C15H19N3. The molecule has 3 heteroatoms. The fourth-order valence-electron chi connectivity index (χ4n) is 3.92. The minimum atomic E-state index is 0.577. The number of hydrogen-bond acceptors (Lipinski definition) is 2. The maximum absolute atomic E-state index is 5.91. The molecule has 1 fully saturated rings. The van der Waals surface area contributed by atoms with Crippen molar-refractivity contribution in [1.82, 2.24) is 9.38 Å². The van der Waals surface area contributed by atoms with Crippen LogP contribution in [0.15, 0.2) is 18.3 Å².